The molecule has 0 radical (unpaired) electrons. The molecule has 0 spiro atoms. The third-order valence-electron chi connectivity index (χ3n) is 4.86. The first-order valence-electron chi connectivity index (χ1n) is 8.35. The van der Waals surface area contributed by atoms with E-state index in [1.807, 2.05) is 51.1 Å². The highest BCUT2D eigenvalue weighted by molar-refractivity contribution is 6.07. The monoisotopic (exact) mass is 349 g/mol. The second-order valence-corrected chi connectivity index (χ2v) is 6.55. The quantitative estimate of drug-likeness (QED) is 0.604. The maximum Gasteiger partial charge on any atom is 0.298 e. The number of aromatic nitrogens is 1. The van der Waals surface area contributed by atoms with Gasteiger partial charge in [0, 0.05) is 16.3 Å². The number of aliphatic hydroxyl groups is 1. The average molecular weight is 349 g/mol. The molecular formula is C21H19NO4. The number of fused-ring (bicyclic) bond motifs is 3. The molecule has 2 aromatic carbocycles. The Morgan fingerprint density at radius 3 is 2.54 bits per heavy atom. The molecule has 0 unspecified atom stereocenters. The molecule has 0 amide bonds. The number of rotatable bonds is 2. The predicted octanol–water partition coefficient (Wildman–Crippen LogP) is 2.54. The summed E-state index contributed by atoms with van der Waals surface area (Å²) in [6, 6.07) is 10.0. The molecule has 2 aromatic heterocycles. The lowest BCUT2D eigenvalue weighted by Crippen LogP contribution is -2.32. The zero-order valence-electron chi connectivity index (χ0n) is 14.9. The van der Waals surface area contributed by atoms with Crippen molar-refractivity contribution in [1.29, 1.82) is 0 Å². The number of aryl methyl sites for hydroxylation is 2. The van der Waals surface area contributed by atoms with Crippen LogP contribution < -0.4 is 16.5 Å². The third-order valence-corrected chi connectivity index (χ3v) is 4.86. The lowest BCUT2D eigenvalue weighted by molar-refractivity contribution is 0.198. The predicted molar refractivity (Wildman–Crippen MR) is 101 cm³/mol. The van der Waals surface area contributed by atoms with Crippen molar-refractivity contribution in [2.24, 2.45) is 0 Å². The van der Waals surface area contributed by atoms with E-state index in [2.05, 4.69) is 6.58 Å². The van der Waals surface area contributed by atoms with Crippen LogP contribution in [0.5, 0.6) is 0 Å². The van der Waals surface area contributed by atoms with Crippen LogP contribution in [0.25, 0.3) is 34.1 Å². The van der Waals surface area contributed by atoms with Crippen molar-refractivity contribution in [2.45, 2.75) is 27.5 Å². The molecule has 0 fully saturated rings. The zero-order valence-corrected chi connectivity index (χ0v) is 14.9. The van der Waals surface area contributed by atoms with Crippen LogP contribution in [0.4, 0.5) is 0 Å². The van der Waals surface area contributed by atoms with E-state index in [1.165, 1.54) is 0 Å². The van der Waals surface area contributed by atoms with Crippen molar-refractivity contribution in [3.8, 4) is 0 Å². The van der Waals surface area contributed by atoms with Gasteiger partial charge in [-0.1, -0.05) is 18.2 Å². The van der Waals surface area contributed by atoms with Crippen LogP contribution in [0.1, 0.15) is 23.6 Å². The van der Waals surface area contributed by atoms with Gasteiger partial charge in [-0.15, -0.1) is 0 Å². The summed E-state index contributed by atoms with van der Waals surface area (Å²) in [7, 11) is 0. The molecule has 2 heterocycles. The standard InChI is InChI=1S/C21H19NO4/c1-11-6-5-7-16-17-9-15(8-12(2)19(17)26-18(11)16)13(3)20-21(24)22(10-23)14(4)25-20/h5-9,23H,4,10H2,1-3H3/b20-13+. The normalized spacial score (nSPS) is 12.9. The van der Waals surface area contributed by atoms with Crippen molar-refractivity contribution in [2.75, 3.05) is 0 Å². The number of benzene rings is 2. The summed E-state index contributed by atoms with van der Waals surface area (Å²) < 4.78 is 12.7. The summed E-state index contributed by atoms with van der Waals surface area (Å²) in [5.41, 5.74) is 5.28. The lowest BCUT2D eigenvalue weighted by Gasteiger charge is -2.03. The van der Waals surface area contributed by atoms with Gasteiger partial charge in [-0.05, 0) is 56.2 Å². The van der Waals surface area contributed by atoms with Gasteiger partial charge in [-0.3, -0.25) is 9.36 Å². The molecule has 0 aliphatic carbocycles. The fourth-order valence-corrected chi connectivity index (χ4v) is 3.39. The van der Waals surface area contributed by atoms with Crippen molar-refractivity contribution in [1.82, 2.24) is 4.57 Å². The van der Waals surface area contributed by atoms with Gasteiger partial charge in [0.1, 0.15) is 17.9 Å². The zero-order chi connectivity index (χ0) is 18.6. The van der Waals surface area contributed by atoms with E-state index < -0.39 is 6.73 Å². The minimum Gasteiger partial charge on any atom is -0.456 e. The molecule has 4 rings (SSSR count). The Hall–Kier alpha value is -3.05. The Labute approximate surface area is 149 Å². The van der Waals surface area contributed by atoms with E-state index >= 15 is 0 Å². The van der Waals surface area contributed by atoms with Gasteiger partial charge in [-0.25, -0.2) is 0 Å². The molecule has 26 heavy (non-hydrogen) atoms. The van der Waals surface area contributed by atoms with Gasteiger partial charge < -0.3 is 13.9 Å². The summed E-state index contributed by atoms with van der Waals surface area (Å²) >= 11 is 0. The molecule has 4 aromatic rings. The molecule has 0 atom stereocenters. The minimum atomic E-state index is -0.460. The van der Waals surface area contributed by atoms with Crippen molar-refractivity contribution in [3.63, 3.8) is 0 Å². The van der Waals surface area contributed by atoms with E-state index in [0.717, 1.165) is 43.2 Å². The molecule has 132 valence electrons. The topological polar surface area (TPSA) is 68.5 Å². The first-order chi connectivity index (χ1) is 12.4. The Balaban J connectivity index is 2.09. The Kier molecular flexibility index (Phi) is 3.63. The van der Waals surface area contributed by atoms with E-state index in [-0.39, 0.29) is 16.5 Å². The molecule has 0 saturated carbocycles. The molecule has 0 aliphatic rings. The summed E-state index contributed by atoms with van der Waals surface area (Å²) in [5, 5.41) is 11.4. The Bertz CT molecular complexity index is 1330. The molecule has 0 bridgehead atoms. The van der Waals surface area contributed by atoms with Gasteiger partial charge in [0.25, 0.3) is 5.56 Å². The van der Waals surface area contributed by atoms with Gasteiger partial charge in [0.2, 0.25) is 0 Å². The van der Waals surface area contributed by atoms with Gasteiger partial charge >= 0.3 is 0 Å². The summed E-state index contributed by atoms with van der Waals surface area (Å²) in [4.78, 5) is 12.4. The van der Waals surface area contributed by atoms with Crippen LogP contribution in [0.15, 0.2) is 44.0 Å². The summed E-state index contributed by atoms with van der Waals surface area (Å²) in [6.45, 7) is 9.04. The van der Waals surface area contributed by atoms with E-state index in [0.29, 0.717) is 5.57 Å². The fraction of sp³-hybridized carbons (Fsp3) is 0.190. The third kappa shape index (κ3) is 2.24. The van der Waals surface area contributed by atoms with Crippen LogP contribution in [-0.4, -0.2) is 9.67 Å². The molecular weight excluding hydrogens is 330 g/mol. The molecule has 0 aliphatic heterocycles. The number of hydrogen-bond donors (Lipinski definition) is 1. The van der Waals surface area contributed by atoms with E-state index in [1.54, 1.807) is 0 Å². The number of oxazole rings is 1. The smallest absolute Gasteiger partial charge is 0.298 e. The lowest BCUT2D eigenvalue weighted by atomic mass is 10.0. The maximum absolute atomic E-state index is 12.4. The largest absolute Gasteiger partial charge is 0.456 e. The molecule has 1 N–H and O–H groups in total. The van der Waals surface area contributed by atoms with Crippen LogP contribution >= 0.6 is 0 Å². The highest BCUT2D eigenvalue weighted by Gasteiger charge is 2.14. The highest BCUT2D eigenvalue weighted by Crippen LogP contribution is 2.34. The van der Waals surface area contributed by atoms with Gasteiger partial charge in [0.15, 0.2) is 11.0 Å². The van der Waals surface area contributed by atoms with Crippen LogP contribution in [0.2, 0.25) is 0 Å². The van der Waals surface area contributed by atoms with Crippen LogP contribution in [0, 0.1) is 13.8 Å². The fourth-order valence-electron chi connectivity index (χ4n) is 3.39. The molecule has 0 saturated heterocycles. The van der Waals surface area contributed by atoms with Crippen molar-refractivity contribution < 1.29 is 13.9 Å². The number of nitrogens with zero attached hydrogens (tertiary/aromatic N) is 1. The van der Waals surface area contributed by atoms with Crippen LogP contribution in [-0.2, 0) is 6.73 Å². The number of aliphatic hydroxyl groups excluding tert-OH is 1. The van der Waals surface area contributed by atoms with E-state index in [9.17, 15) is 9.90 Å². The van der Waals surface area contributed by atoms with Gasteiger partial charge in [-0.2, -0.15) is 0 Å². The van der Waals surface area contributed by atoms with Crippen LogP contribution in [0.3, 0.4) is 0 Å². The Morgan fingerprint density at radius 1 is 1.12 bits per heavy atom. The second kappa shape index (κ2) is 5.75. The Morgan fingerprint density at radius 2 is 1.85 bits per heavy atom. The summed E-state index contributed by atoms with van der Waals surface area (Å²) in [5.74, 6) is 0. The maximum atomic E-state index is 12.4. The minimum absolute atomic E-state index is 0.133. The highest BCUT2D eigenvalue weighted by atomic mass is 16.4. The SMILES string of the molecule is C=c1o/c(=C(\C)c2cc(C)c3oc4c(C)cccc4c3c2)c(=O)n1CO. The second-order valence-electron chi connectivity index (χ2n) is 6.55. The van der Waals surface area contributed by atoms with Crippen molar-refractivity contribution >= 4 is 34.1 Å². The number of para-hydroxylation sites is 1. The van der Waals surface area contributed by atoms with E-state index in [4.69, 9.17) is 8.83 Å². The number of furan rings is 1. The first kappa shape index (κ1) is 16.4. The van der Waals surface area contributed by atoms with Gasteiger partial charge in [0.05, 0.1) is 0 Å². The number of hydrogen-bond acceptors (Lipinski definition) is 4. The first-order valence-corrected chi connectivity index (χ1v) is 8.35. The molecule has 5 nitrogen and oxygen atoms in total. The summed E-state index contributed by atoms with van der Waals surface area (Å²) in [6.07, 6.45) is 0. The average Bonchev–Trinajstić information content (AvgIpc) is 3.13. The molecule has 5 heteroatoms. The van der Waals surface area contributed by atoms with Crippen molar-refractivity contribution in [3.05, 3.63) is 68.3 Å².